The van der Waals surface area contributed by atoms with E-state index in [1.54, 1.807) is 6.20 Å². The van der Waals surface area contributed by atoms with Crippen LogP contribution in [0.1, 0.15) is 13.3 Å². The van der Waals surface area contributed by atoms with Crippen LogP contribution >= 0.6 is 27.5 Å². The third-order valence-corrected chi connectivity index (χ3v) is 2.68. The second-order valence-corrected chi connectivity index (χ2v) is 4.74. The van der Waals surface area contributed by atoms with Gasteiger partial charge in [-0.25, -0.2) is 9.37 Å². The summed E-state index contributed by atoms with van der Waals surface area (Å²) < 4.78 is 13.9. The SMILES string of the molecule is CC(CCCl)CNc1ncc(Br)cc1F. The van der Waals surface area contributed by atoms with E-state index in [9.17, 15) is 4.39 Å². The first kappa shape index (κ1) is 12.7. The average molecular weight is 296 g/mol. The topological polar surface area (TPSA) is 24.9 Å². The van der Waals surface area contributed by atoms with Crippen LogP contribution in [0.25, 0.3) is 0 Å². The van der Waals surface area contributed by atoms with Crippen molar-refractivity contribution >= 4 is 33.3 Å². The molecule has 0 aliphatic rings. The molecular weight excluding hydrogens is 282 g/mol. The van der Waals surface area contributed by atoms with E-state index < -0.39 is 0 Å². The van der Waals surface area contributed by atoms with Gasteiger partial charge in [0.1, 0.15) is 0 Å². The average Bonchev–Trinajstić information content (AvgIpc) is 2.17. The predicted octanol–water partition coefficient (Wildman–Crippen LogP) is 3.66. The molecule has 1 unspecified atom stereocenters. The number of rotatable bonds is 5. The zero-order valence-electron chi connectivity index (χ0n) is 8.43. The number of hydrogen-bond donors (Lipinski definition) is 1. The van der Waals surface area contributed by atoms with Crippen LogP contribution in [-0.4, -0.2) is 17.4 Å². The van der Waals surface area contributed by atoms with Gasteiger partial charge in [0.2, 0.25) is 0 Å². The Morgan fingerprint density at radius 1 is 1.67 bits per heavy atom. The molecule has 1 heterocycles. The normalized spacial score (nSPS) is 12.5. The molecule has 15 heavy (non-hydrogen) atoms. The summed E-state index contributed by atoms with van der Waals surface area (Å²) in [6.07, 6.45) is 2.48. The van der Waals surface area contributed by atoms with E-state index in [-0.39, 0.29) is 5.82 Å². The maximum Gasteiger partial charge on any atom is 0.166 e. The van der Waals surface area contributed by atoms with E-state index in [2.05, 4.69) is 33.2 Å². The molecule has 1 aromatic rings. The second-order valence-electron chi connectivity index (χ2n) is 3.45. The lowest BCUT2D eigenvalue weighted by Crippen LogP contribution is -2.13. The number of nitrogens with zero attached hydrogens (tertiary/aromatic N) is 1. The van der Waals surface area contributed by atoms with Crippen LogP contribution in [0.15, 0.2) is 16.7 Å². The van der Waals surface area contributed by atoms with Gasteiger partial charge in [-0.1, -0.05) is 6.92 Å². The van der Waals surface area contributed by atoms with Crippen molar-refractivity contribution in [1.29, 1.82) is 0 Å². The van der Waals surface area contributed by atoms with Crippen molar-refractivity contribution in [1.82, 2.24) is 4.98 Å². The van der Waals surface area contributed by atoms with Crippen molar-refractivity contribution in [3.63, 3.8) is 0 Å². The maximum absolute atomic E-state index is 13.3. The van der Waals surface area contributed by atoms with Crippen molar-refractivity contribution in [2.45, 2.75) is 13.3 Å². The molecule has 2 nitrogen and oxygen atoms in total. The van der Waals surface area contributed by atoms with Crippen molar-refractivity contribution in [2.75, 3.05) is 17.7 Å². The molecule has 0 amide bonds. The van der Waals surface area contributed by atoms with Gasteiger partial charge in [-0.2, -0.15) is 0 Å². The first-order valence-corrected chi connectivity index (χ1v) is 6.07. The van der Waals surface area contributed by atoms with E-state index in [1.807, 2.05) is 0 Å². The third kappa shape index (κ3) is 4.34. The van der Waals surface area contributed by atoms with Crippen LogP contribution in [0.3, 0.4) is 0 Å². The summed E-state index contributed by atoms with van der Waals surface area (Å²) in [6, 6.07) is 1.39. The highest BCUT2D eigenvalue weighted by Crippen LogP contribution is 2.16. The molecule has 0 aliphatic heterocycles. The minimum Gasteiger partial charge on any atom is -0.367 e. The highest BCUT2D eigenvalue weighted by atomic mass is 79.9. The zero-order valence-corrected chi connectivity index (χ0v) is 10.8. The molecule has 1 atom stereocenters. The Labute approximate surface area is 102 Å². The fourth-order valence-corrected chi connectivity index (χ4v) is 1.78. The van der Waals surface area contributed by atoms with Gasteiger partial charge in [0.05, 0.1) is 0 Å². The van der Waals surface area contributed by atoms with E-state index in [0.717, 1.165) is 6.42 Å². The van der Waals surface area contributed by atoms with Gasteiger partial charge in [0, 0.05) is 23.1 Å². The van der Waals surface area contributed by atoms with Crippen LogP contribution in [0, 0.1) is 11.7 Å². The summed E-state index contributed by atoms with van der Waals surface area (Å²) in [5, 5.41) is 2.96. The molecule has 0 aromatic carbocycles. The number of halogens is 3. The minimum absolute atomic E-state index is 0.291. The largest absolute Gasteiger partial charge is 0.367 e. The maximum atomic E-state index is 13.3. The van der Waals surface area contributed by atoms with Gasteiger partial charge in [0.15, 0.2) is 11.6 Å². The number of pyridine rings is 1. The minimum atomic E-state index is -0.345. The van der Waals surface area contributed by atoms with E-state index in [1.165, 1.54) is 6.07 Å². The summed E-state index contributed by atoms with van der Waals surface area (Å²) in [4.78, 5) is 3.94. The fraction of sp³-hybridized carbons (Fsp3) is 0.500. The molecule has 1 aromatic heterocycles. The van der Waals surface area contributed by atoms with Gasteiger partial charge in [0.25, 0.3) is 0 Å². The second kappa shape index (κ2) is 6.28. The summed E-state index contributed by atoms with van der Waals surface area (Å²) >= 11 is 8.76. The molecule has 0 aliphatic carbocycles. The van der Waals surface area contributed by atoms with E-state index >= 15 is 0 Å². The molecule has 0 saturated carbocycles. The molecule has 0 saturated heterocycles. The molecule has 1 N–H and O–H groups in total. The Morgan fingerprint density at radius 3 is 3.00 bits per heavy atom. The van der Waals surface area contributed by atoms with Crippen LogP contribution < -0.4 is 5.32 Å². The first-order chi connectivity index (χ1) is 7.13. The molecule has 84 valence electrons. The van der Waals surface area contributed by atoms with Crippen molar-refractivity contribution in [3.05, 3.63) is 22.6 Å². The zero-order chi connectivity index (χ0) is 11.3. The lowest BCUT2D eigenvalue weighted by molar-refractivity contribution is 0.585. The lowest BCUT2D eigenvalue weighted by atomic mass is 10.1. The number of aromatic nitrogens is 1. The fourth-order valence-electron chi connectivity index (χ4n) is 1.10. The Balaban J connectivity index is 2.50. The summed E-state index contributed by atoms with van der Waals surface area (Å²) in [7, 11) is 0. The van der Waals surface area contributed by atoms with Gasteiger partial charge in [-0.15, -0.1) is 11.6 Å². The van der Waals surface area contributed by atoms with Crippen LogP contribution in [0.5, 0.6) is 0 Å². The number of nitrogens with one attached hydrogen (secondary N) is 1. The third-order valence-electron chi connectivity index (χ3n) is 2.03. The quantitative estimate of drug-likeness (QED) is 0.839. The van der Waals surface area contributed by atoms with Gasteiger partial charge < -0.3 is 5.32 Å². The molecule has 1 rings (SSSR count). The first-order valence-electron chi connectivity index (χ1n) is 4.74. The smallest absolute Gasteiger partial charge is 0.166 e. The van der Waals surface area contributed by atoms with Gasteiger partial charge in [-0.05, 0) is 34.3 Å². The van der Waals surface area contributed by atoms with Gasteiger partial charge in [-0.3, -0.25) is 0 Å². The summed E-state index contributed by atoms with van der Waals surface area (Å²) in [5.74, 6) is 0.980. The van der Waals surface area contributed by atoms with Gasteiger partial charge >= 0.3 is 0 Å². The van der Waals surface area contributed by atoms with E-state index in [0.29, 0.717) is 28.6 Å². The standard InChI is InChI=1S/C10H13BrClFN2/c1-7(2-3-12)5-14-10-9(13)4-8(11)6-15-10/h4,6-7H,2-3,5H2,1H3,(H,14,15). The van der Waals surface area contributed by atoms with Crippen molar-refractivity contribution in [3.8, 4) is 0 Å². The Bertz CT molecular complexity index is 322. The highest BCUT2D eigenvalue weighted by molar-refractivity contribution is 9.10. The molecule has 0 radical (unpaired) electrons. The summed E-state index contributed by atoms with van der Waals surface area (Å²) in [5.41, 5.74) is 0. The van der Waals surface area contributed by atoms with E-state index in [4.69, 9.17) is 11.6 Å². The molecular formula is C10H13BrClFN2. The summed E-state index contributed by atoms with van der Waals surface area (Å²) in [6.45, 7) is 2.74. The number of anilines is 1. The van der Waals surface area contributed by atoms with Crippen molar-refractivity contribution < 1.29 is 4.39 Å². The van der Waals surface area contributed by atoms with Crippen LogP contribution in [-0.2, 0) is 0 Å². The Kier molecular flexibility index (Phi) is 5.32. The predicted molar refractivity (Wildman–Crippen MR) is 64.9 cm³/mol. The molecule has 0 fully saturated rings. The monoisotopic (exact) mass is 294 g/mol. The lowest BCUT2D eigenvalue weighted by Gasteiger charge is -2.11. The van der Waals surface area contributed by atoms with Crippen LogP contribution in [0.2, 0.25) is 0 Å². The Hall–Kier alpha value is -0.350. The number of alkyl halides is 1. The molecule has 0 bridgehead atoms. The Morgan fingerprint density at radius 2 is 2.40 bits per heavy atom. The number of hydrogen-bond acceptors (Lipinski definition) is 2. The van der Waals surface area contributed by atoms with Crippen molar-refractivity contribution in [2.24, 2.45) is 5.92 Å². The highest BCUT2D eigenvalue weighted by Gasteiger charge is 2.06. The molecule has 5 heteroatoms. The van der Waals surface area contributed by atoms with Crippen LogP contribution in [0.4, 0.5) is 10.2 Å². The molecule has 0 spiro atoms.